The molecule has 2 aromatic rings. The number of hydrogen-bond acceptors (Lipinski definition) is 4. The molecule has 2 N–H and O–H groups in total. The van der Waals surface area contributed by atoms with Gasteiger partial charge in [0.25, 0.3) is 5.91 Å². The molecule has 0 fully saturated rings. The molecule has 0 aromatic heterocycles. The van der Waals surface area contributed by atoms with Gasteiger partial charge in [-0.25, -0.2) is 9.18 Å². The minimum absolute atomic E-state index is 0.0137. The number of benzene rings is 2. The molecule has 0 atom stereocenters. The van der Waals surface area contributed by atoms with Gasteiger partial charge in [0, 0.05) is 5.69 Å². The van der Waals surface area contributed by atoms with E-state index in [2.05, 4.69) is 10.6 Å². The van der Waals surface area contributed by atoms with Gasteiger partial charge in [0.2, 0.25) is 5.91 Å². The highest BCUT2D eigenvalue weighted by molar-refractivity contribution is 5.96. The van der Waals surface area contributed by atoms with Crippen molar-refractivity contribution in [1.29, 1.82) is 0 Å². The maximum Gasteiger partial charge on any atom is 0.338 e. The number of rotatable bonds is 7. The second-order valence-electron chi connectivity index (χ2n) is 5.88. The lowest BCUT2D eigenvalue weighted by Crippen LogP contribution is -2.35. The third kappa shape index (κ3) is 5.91. The number of para-hydroxylation sites is 1. The molecule has 0 bridgehead atoms. The SMILES string of the molecule is CCc1ccccc1NC(=O)CNC(=O)COC(=O)c1ccc(C)c(F)c1. The van der Waals surface area contributed by atoms with Crippen molar-refractivity contribution < 1.29 is 23.5 Å². The molecule has 2 rings (SSSR count). The van der Waals surface area contributed by atoms with Crippen molar-refractivity contribution >= 4 is 23.5 Å². The van der Waals surface area contributed by atoms with Gasteiger partial charge in [0.1, 0.15) is 5.82 Å². The summed E-state index contributed by atoms with van der Waals surface area (Å²) >= 11 is 0. The van der Waals surface area contributed by atoms with Crippen LogP contribution in [0.1, 0.15) is 28.4 Å². The molecule has 0 heterocycles. The van der Waals surface area contributed by atoms with Crippen molar-refractivity contribution in [2.45, 2.75) is 20.3 Å². The number of nitrogens with one attached hydrogen (secondary N) is 2. The molecule has 2 aromatic carbocycles. The molecule has 6 nitrogen and oxygen atoms in total. The van der Waals surface area contributed by atoms with Gasteiger partial charge in [-0.2, -0.15) is 0 Å². The third-order valence-electron chi connectivity index (χ3n) is 3.86. The minimum Gasteiger partial charge on any atom is -0.452 e. The Morgan fingerprint density at radius 3 is 2.52 bits per heavy atom. The first-order valence-electron chi connectivity index (χ1n) is 8.48. The van der Waals surface area contributed by atoms with Gasteiger partial charge in [-0.15, -0.1) is 0 Å². The molecule has 0 aliphatic carbocycles. The lowest BCUT2D eigenvalue weighted by Gasteiger charge is -2.10. The fourth-order valence-corrected chi connectivity index (χ4v) is 2.31. The summed E-state index contributed by atoms with van der Waals surface area (Å²) < 4.78 is 18.3. The molecule has 0 aliphatic rings. The Morgan fingerprint density at radius 2 is 1.81 bits per heavy atom. The number of hydrogen-bond donors (Lipinski definition) is 2. The molecule has 142 valence electrons. The summed E-state index contributed by atoms with van der Waals surface area (Å²) in [6.07, 6.45) is 0.762. The number of esters is 1. The zero-order valence-corrected chi connectivity index (χ0v) is 15.2. The van der Waals surface area contributed by atoms with E-state index >= 15 is 0 Å². The minimum atomic E-state index is -0.814. The van der Waals surface area contributed by atoms with Gasteiger partial charge in [-0.3, -0.25) is 9.59 Å². The highest BCUT2D eigenvalue weighted by Gasteiger charge is 2.13. The third-order valence-corrected chi connectivity index (χ3v) is 3.86. The second-order valence-corrected chi connectivity index (χ2v) is 5.88. The molecule has 0 spiro atoms. The predicted molar refractivity (Wildman–Crippen MR) is 98.9 cm³/mol. The molecule has 0 saturated heterocycles. The number of carbonyl (C=O) groups is 3. The molecule has 7 heteroatoms. The van der Waals surface area contributed by atoms with Crippen molar-refractivity contribution in [2.24, 2.45) is 0 Å². The van der Waals surface area contributed by atoms with E-state index < -0.39 is 30.2 Å². The van der Waals surface area contributed by atoms with Crippen molar-refractivity contribution in [1.82, 2.24) is 5.32 Å². The monoisotopic (exact) mass is 372 g/mol. The zero-order valence-electron chi connectivity index (χ0n) is 15.2. The topological polar surface area (TPSA) is 84.5 Å². The Balaban J connectivity index is 1.77. The first-order valence-corrected chi connectivity index (χ1v) is 8.48. The van der Waals surface area contributed by atoms with Gasteiger partial charge >= 0.3 is 5.97 Å². The van der Waals surface area contributed by atoms with Crippen molar-refractivity contribution in [3.63, 3.8) is 0 Å². The smallest absolute Gasteiger partial charge is 0.338 e. The van der Waals surface area contributed by atoms with Crippen LogP contribution in [0, 0.1) is 12.7 Å². The number of halogens is 1. The van der Waals surface area contributed by atoms with Crippen LogP contribution in [0.15, 0.2) is 42.5 Å². The van der Waals surface area contributed by atoms with Crippen LogP contribution in [0.5, 0.6) is 0 Å². The molecule has 27 heavy (non-hydrogen) atoms. The molecular weight excluding hydrogens is 351 g/mol. The van der Waals surface area contributed by atoms with E-state index in [1.165, 1.54) is 12.1 Å². The second kappa shape index (κ2) is 9.47. The fraction of sp³-hybridized carbons (Fsp3) is 0.250. The van der Waals surface area contributed by atoms with Gasteiger partial charge in [0.15, 0.2) is 6.61 Å². The summed E-state index contributed by atoms with van der Waals surface area (Å²) in [5, 5.41) is 5.08. The zero-order chi connectivity index (χ0) is 19.8. The lowest BCUT2D eigenvalue weighted by molar-refractivity contribution is -0.126. The summed E-state index contributed by atoms with van der Waals surface area (Å²) in [4.78, 5) is 35.5. The average Bonchev–Trinajstić information content (AvgIpc) is 2.67. The van der Waals surface area contributed by atoms with Crippen LogP contribution in [0.2, 0.25) is 0 Å². The van der Waals surface area contributed by atoms with Crippen LogP contribution in [0.25, 0.3) is 0 Å². The molecular formula is C20H21FN2O4. The Morgan fingerprint density at radius 1 is 1.07 bits per heavy atom. The number of amides is 2. The van der Waals surface area contributed by atoms with Crippen molar-refractivity contribution in [2.75, 3.05) is 18.5 Å². The normalized spacial score (nSPS) is 10.2. The Hall–Kier alpha value is -3.22. The summed E-state index contributed by atoms with van der Waals surface area (Å²) in [7, 11) is 0. The van der Waals surface area contributed by atoms with Crippen LogP contribution in [0.3, 0.4) is 0 Å². The molecule has 0 unspecified atom stereocenters. The number of carbonyl (C=O) groups excluding carboxylic acids is 3. The van der Waals surface area contributed by atoms with Crippen LogP contribution >= 0.6 is 0 Å². The van der Waals surface area contributed by atoms with Crippen LogP contribution < -0.4 is 10.6 Å². The van der Waals surface area contributed by atoms with Crippen LogP contribution in [-0.4, -0.2) is 30.9 Å². The van der Waals surface area contributed by atoms with Crippen molar-refractivity contribution in [3.8, 4) is 0 Å². The standard InChI is InChI=1S/C20H21FN2O4/c1-3-14-6-4-5-7-17(14)23-18(24)11-22-19(25)12-27-20(26)15-9-8-13(2)16(21)10-15/h4-10H,3,11-12H2,1-2H3,(H,22,25)(H,23,24). The molecule has 0 aliphatic heterocycles. The maximum atomic E-state index is 13.4. The van der Waals surface area contributed by atoms with Crippen LogP contribution in [-0.2, 0) is 20.7 Å². The summed E-state index contributed by atoms with van der Waals surface area (Å²) in [6, 6.07) is 11.3. The number of anilines is 1. The lowest BCUT2D eigenvalue weighted by atomic mass is 10.1. The number of aryl methyl sites for hydroxylation is 2. The highest BCUT2D eigenvalue weighted by atomic mass is 19.1. The quantitative estimate of drug-likeness (QED) is 0.732. The molecule has 0 radical (unpaired) electrons. The average molecular weight is 372 g/mol. The van der Waals surface area contributed by atoms with Crippen molar-refractivity contribution in [3.05, 3.63) is 65.0 Å². The van der Waals surface area contributed by atoms with E-state index in [9.17, 15) is 18.8 Å². The predicted octanol–water partition coefficient (Wildman–Crippen LogP) is 2.61. The summed E-state index contributed by atoms with van der Waals surface area (Å²) in [5.74, 6) is -2.37. The summed E-state index contributed by atoms with van der Waals surface area (Å²) in [6.45, 7) is 2.73. The Labute approximate surface area is 156 Å². The van der Waals surface area contributed by atoms with Gasteiger partial charge < -0.3 is 15.4 Å². The fourth-order valence-electron chi connectivity index (χ4n) is 2.31. The van der Waals surface area contributed by atoms with Gasteiger partial charge in [-0.05, 0) is 42.7 Å². The van der Waals surface area contributed by atoms with E-state index in [0.29, 0.717) is 11.3 Å². The van der Waals surface area contributed by atoms with E-state index in [-0.39, 0.29) is 12.1 Å². The Kier molecular flexibility index (Phi) is 7.05. The van der Waals surface area contributed by atoms with Gasteiger partial charge in [0.05, 0.1) is 12.1 Å². The van der Waals surface area contributed by atoms with E-state index in [1.54, 1.807) is 19.1 Å². The van der Waals surface area contributed by atoms with E-state index in [4.69, 9.17) is 4.74 Å². The summed E-state index contributed by atoms with van der Waals surface area (Å²) in [5.41, 5.74) is 2.09. The highest BCUT2D eigenvalue weighted by Crippen LogP contribution is 2.15. The van der Waals surface area contributed by atoms with Gasteiger partial charge in [-0.1, -0.05) is 31.2 Å². The van der Waals surface area contributed by atoms with E-state index in [1.807, 2.05) is 19.1 Å². The number of ether oxygens (including phenoxy) is 1. The van der Waals surface area contributed by atoms with E-state index in [0.717, 1.165) is 18.1 Å². The molecule has 0 saturated carbocycles. The first-order chi connectivity index (χ1) is 12.9. The Bertz CT molecular complexity index is 852. The molecule has 2 amide bonds. The van der Waals surface area contributed by atoms with Crippen LogP contribution in [0.4, 0.5) is 10.1 Å². The largest absolute Gasteiger partial charge is 0.452 e. The maximum absolute atomic E-state index is 13.4. The first kappa shape index (κ1) is 20.1.